The molecule has 1 amide bonds. The monoisotopic (exact) mass is 276 g/mol. The van der Waals surface area contributed by atoms with Gasteiger partial charge >= 0.3 is 0 Å². The van der Waals surface area contributed by atoms with Crippen LogP contribution in [0, 0.1) is 5.92 Å². The van der Waals surface area contributed by atoms with Crippen molar-refractivity contribution in [3.8, 4) is 0 Å². The van der Waals surface area contributed by atoms with Crippen molar-refractivity contribution in [2.24, 2.45) is 5.92 Å². The minimum Gasteiger partial charge on any atom is -0.456 e. The first kappa shape index (κ1) is 13.7. The molecule has 2 aliphatic rings. The Morgan fingerprint density at radius 2 is 2.20 bits per heavy atom. The minimum atomic E-state index is 0.0605. The van der Waals surface area contributed by atoms with Crippen LogP contribution in [0.15, 0.2) is 16.5 Å². The second-order valence-electron chi connectivity index (χ2n) is 6.07. The Hall–Kier alpha value is -1.29. The van der Waals surface area contributed by atoms with Gasteiger partial charge in [-0.15, -0.1) is 0 Å². The van der Waals surface area contributed by atoms with Gasteiger partial charge in [-0.05, 0) is 50.3 Å². The smallest absolute Gasteiger partial charge is 0.289 e. The maximum absolute atomic E-state index is 12.6. The number of hydrogen-bond acceptors (Lipinski definition) is 3. The van der Waals surface area contributed by atoms with Crippen molar-refractivity contribution in [2.45, 2.75) is 45.1 Å². The Balaban J connectivity index is 1.67. The van der Waals surface area contributed by atoms with E-state index in [4.69, 9.17) is 4.42 Å². The topological polar surface area (TPSA) is 45.5 Å². The summed E-state index contributed by atoms with van der Waals surface area (Å²) in [6.45, 7) is 4.82. The highest BCUT2D eigenvalue weighted by molar-refractivity contribution is 5.91. The van der Waals surface area contributed by atoms with E-state index in [1.54, 1.807) is 0 Å². The molecule has 1 atom stereocenters. The van der Waals surface area contributed by atoms with E-state index < -0.39 is 0 Å². The van der Waals surface area contributed by atoms with E-state index >= 15 is 0 Å². The molecule has 1 unspecified atom stereocenters. The summed E-state index contributed by atoms with van der Waals surface area (Å²) in [5, 5.41) is 3.48. The second-order valence-corrected chi connectivity index (χ2v) is 6.07. The molecule has 1 aliphatic heterocycles. The number of carbonyl (C=O) groups excluding carboxylic acids is 1. The Kier molecular flexibility index (Phi) is 4.10. The number of furan rings is 1. The molecule has 2 heterocycles. The molecule has 110 valence electrons. The fourth-order valence-electron chi connectivity index (χ4n) is 2.87. The lowest BCUT2D eigenvalue weighted by atomic mass is 10.2. The quantitative estimate of drug-likeness (QED) is 0.868. The SMILES string of the molecule is CCc1ccc(C(=O)N(CC2CC2)CC2CCCN2)o1. The molecule has 4 heteroatoms. The highest BCUT2D eigenvalue weighted by Gasteiger charge is 2.30. The summed E-state index contributed by atoms with van der Waals surface area (Å²) in [4.78, 5) is 14.6. The molecule has 4 nitrogen and oxygen atoms in total. The number of nitrogens with one attached hydrogen (secondary N) is 1. The summed E-state index contributed by atoms with van der Waals surface area (Å²) in [5.41, 5.74) is 0. The Morgan fingerprint density at radius 1 is 1.35 bits per heavy atom. The minimum absolute atomic E-state index is 0.0605. The highest BCUT2D eigenvalue weighted by atomic mass is 16.4. The largest absolute Gasteiger partial charge is 0.456 e. The molecule has 1 aromatic rings. The maximum atomic E-state index is 12.6. The molecule has 0 radical (unpaired) electrons. The molecule has 1 aromatic heterocycles. The summed E-state index contributed by atoms with van der Waals surface area (Å²) < 4.78 is 5.63. The van der Waals surface area contributed by atoms with Crippen molar-refractivity contribution in [2.75, 3.05) is 19.6 Å². The predicted molar refractivity (Wildman–Crippen MR) is 77.7 cm³/mol. The van der Waals surface area contributed by atoms with E-state index in [-0.39, 0.29) is 5.91 Å². The number of aryl methyl sites for hydroxylation is 1. The third-order valence-corrected chi connectivity index (χ3v) is 4.29. The average molecular weight is 276 g/mol. The number of carbonyl (C=O) groups is 1. The first-order chi connectivity index (χ1) is 9.76. The van der Waals surface area contributed by atoms with Crippen LogP contribution in [0.3, 0.4) is 0 Å². The second kappa shape index (κ2) is 6.00. The van der Waals surface area contributed by atoms with Gasteiger partial charge in [0, 0.05) is 25.6 Å². The number of hydrogen-bond donors (Lipinski definition) is 1. The molecule has 1 aliphatic carbocycles. The molecule has 0 bridgehead atoms. The van der Waals surface area contributed by atoms with Crippen molar-refractivity contribution < 1.29 is 9.21 Å². The molecule has 0 aromatic carbocycles. The Labute approximate surface area is 120 Å². The fourth-order valence-corrected chi connectivity index (χ4v) is 2.87. The van der Waals surface area contributed by atoms with Crippen LogP contribution in [0.1, 0.15) is 48.9 Å². The van der Waals surface area contributed by atoms with Crippen LogP contribution in [0.2, 0.25) is 0 Å². The third-order valence-electron chi connectivity index (χ3n) is 4.29. The number of amides is 1. The van der Waals surface area contributed by atoms with Gasteiger partial charge in [0.15, 0.2) is 5.76 Å². The summed E-state index contributed by atoms with van der Waals surface area (Å²) in [7, 11) is 0. The van der Waals surface area contributed by atoms with Crippen LogP contribution in [-0.4, -0.2) is 36.5 Å². The molecular weight excluding hydrogens is 252 g/mol. The Morgan fingerprint density at radius 3 is 2.80 bits per heavy atom. The standard InChI is InChI=1S/C16H24N2O2/c1-2-14-7-8-15(20-14)16(19)18(10-12-5-6-12)11-13-4-3-9-17-13/h7-8,12-13,17H,2-6,9-11H2,1H3. The third kappa shape index (κ3) is 3.23. The van der Waals surface area contributed by atoms with Crippen LogP contribution in [0.25, 0.3) is 0 Å². The average Bonchev–Trinajstić information content (AvgIpc) is 2.96. The van der Waals surface area contributed by atoms with E-state index in [0.717, 1.165) is 31.8 Å². The van der Waals surface area contributed by atoms with Gasteiger partial charge in [0.05, 0.1) is 0 Å². The summed E-state index contributed by atoms with van der Waals surface area (Å²) in [6, 6.07) is 4.19. The van der Waals surface area contributed by atoms with Gasteiger partial charge in [-0.1, -0.05) is 6.92 Å². The number of nitrogens with zero attached hydrogens (tertiary/aromatic N) is 1. The van der Waals surface area contributed by atoms with Gasteiger partial charge in [-0.3, -0.25) is 4.79 Å². The summed E-state index contributed by atoms with van der Waals surface area (Å²) >= 11 is 0. The van der Waals surface area contributed by atoms with E-state index in [1.165, 1.54) is 25.7 Å². The van der Waals surface area contributed by atoms with Crippen LogP contribution >= 0.6 is 0 Å². The van der Waals surface area contributed by atoms with E-state index in [0.29, 0.717) is 17.7 Å². The molecule has 0 spiro atoms. The van der Waals surface area contributed by atoms with Crippen molar-refractivity contribution in [3.05, 3.63) is 23.7 Å². The van der Waals surface area contributed by atoms with Crippen molar-refractivity contribution >= 4 is 5.91 Å². The number of rotatable bonds is 6. The van der Waals surface area contributed by atoms with Crippen molar-refractivity contribution in [1.82, 2.24) is 10.2 Å². The maximum Gasteiger partial charge on any atom is 0.289 e. The van der Waals surface area contributed by atoms with Gasteiger partial charge in [0.2, 0.25) is 0 Å². The summed E-state index contributed by atoms with van der Waals surface area (Å²) in [6.07, 6.45) is 5.75. The molecule has 1 saturated carbocycles. The molecular formula is C16H24N2O2. The van der Waals surface area contributed by atoms with Crippen LogP contribution in [0.5, 0.6) is 0 Å². The lowest BCUT2D eigenvalue weighted by molar-refractivity contribution is 0.0699. The zero-order valence-electron chi connectivity index (χ0n) is 12.2. The van der Waals surface area contributed by atoms with E-state index in [9.17, 15) is 4.79 Å². The van der Waals surface area contributed by atoms with Crippen molar-refractivity contribution in [1.29, 1.82) is 0 Å². The van der Waals surface area contributed by atoms with Crippen LogP contribution in [0.4, 0.5) is 0 Å². The lowest BCUT2D eigenvalue weighted by Gasteiger charge is -2.25. The van der Waals surface area contributed by atoms with E-state index in [2.05, 4.69) is 5.32 Å². The molecule has 1 N–H and O–H groups in total. The zero-order chi connectivity index (χ0) is 13.9. The van der Waals surface area contributed by atoms with Gasteiger partial charge in [0.25, 0.3) is 5.91 Å². The van der Waals surface area contributed by atoms with Gasteiger partial charge < -0.3 is 14.6 Å². The molecule has 1 saturated heterocycles. The van der Waals surface area contributed by atoms with Gasteiger partial charge in [-0.25, -0.2) is 0 Å². The predicted octanol–water partition coefficient (Wildman–Crippen LogP) is 2.45. The van der Waals surface area contributed by atoms with Crippen LogP contribution in [-0.2, 0) is 6.42 Å². The molecule has 2 fully saturated rings. The molecule has 3 rings (SSSR count). The lowest BCUT2D eigenvalue weighted by Crippen LogP contribution is -2.42. The fraction of sp³-hybridized carbons (Fsp3) is 0.688. The van der Waals surface area contributed by atoms with Gasteiger partial charge in [0.1, 0.15) is 5.76 Å². The first-order valence-electron chi connectivity index (χ1n) is 7.87. The highest BCUT2D eigenvalue weighted by Crippen LogP contribution is 2.30. The van der Waals surface area contributed by atoms with Crippen molar-refractivity contribution in [3.63, 3.8) is 0 Å². The first-order valence-corrected chi connectivity index (χ1v) is 7.87. The molecule has 20 heavy (non-hydrogen) atoms. The summed E-state index contributed by atoms with van der Waals surface area (Å²) in [5.74, 6) is 2.16. The Bertz CT molecular complexity index is 459. The van der Waals surface area contributed by atoms with E-state index in [1.807, 2.05) is 24.0 Å². The normalized spacial score (nSPS) is 22.1. The van der Waals surface area contributed by atoms with Gasteiger partial charge in [-0.2, -0.15) is 0 Å². The van der Waals surface area contributed by atoms with Crippen LogP contribution < -0.4 is 5.32 Å². The zero-order valence-corrected chi connectivity index (χ0v) is 12.2.